The van der Waals surface area contributed by atoms with Gasteiger partial charge in [0, 0.05) is 14.5 Å². The molecule has 0 fully saturated rings. The first kappa shape index (κ1) is 12.3. The summed E-state index contributed by atoms with van der Waals surface area (Å²) >= 11 is 6.72. The molecular formula is C13H9Br2NO. The van der Waals surface area contributed by atoms with E-state index in [4.69, 9.17) is 0 Å². The lowest BCUT2D eigenvalue weighted by molar-refractivity contribution is 0.102. The Hall–Kier alpha value is -1.13. The van der Waals surface area contributed by atoms with Crippen LogP contribution in [0.4, 0.5) is 5.69 Å². The Morgan fingerprint density at radius 1 is 0.941 bits per heavy atom. The van der Waals surface area contributed by atoms with E-state index in [1.165, 1.54) is 0 Å². The minimum Gasteiger partial charge on any atom is -0.321 e. The number of nitrogens with one attached hydrogen (secondary N) is 1. The molecule has 0 spiro atoms. The Morgan fingerprint density at radius 3 is 2.24 bits per heavy atom. The number of carbonyl (C=O) groups is 1. The number of halogens is 2. The summed E-state index contributed by atoms with van der Waals surface area (Å²) in [6, 6.07) is 14.7. The SMILES string of the molecule is O=C(Nc1ccccc1Br)c1ccc(Br)cc1. The smallest absolute Gasteiger partial charge is 0.255 e. The molecule has 0 unspecified atom stereocenters. The maximum absolute atomic E-state index is 11.9. The Labute approximate surface area is 116 Å². The van der Waals surface area contributed by atoms with Crippen molar-refractivity contribution in [2.75, 3.05) is 5.32 Å². The first-order valence-corrected chi connectivity index (χ1v) is 6.57. The zero-order valence-corrected chi connectivity index (χ0v) is 12.0. The van der Waals surface area contributed by atoms with Gasteiger partial charge in [-0.2, -0.15) is 0 Å². The Kier molecular flexibility index (Phi) is 3.97. The summed E-state index contributed by atoms with van der Waals surface area (Å²) in [5, 5.41) is 2.84. The van der Waals surface area contributed by atoms with Crippen LogP contribution in [-0.4, -0.2) is 5.91 Å². The second kappa shape index (κ2) is 5.47. The van der Waals surface area contributed by atoms with Crippen molar-refractivity contribution in [1.29, 1.82) is 0 Å². The van der Waals surface area contributed by atoms with E-state index < -0.39 is 0 Å². The summed E-state index contributed by atoms with van der Waals surface area (Å²) in [7, 11) is 0. The minimum absolute atomic E-state index is 0.121. The Morgan fingerprint density at radius 2 is 1.59 bits per heavy atom. The van der Waals surface area contributed by atoms with Crippen molar-refractivity contribution < 1.29 is 4.79 Å². The number of benzene rings is 2. The molecular weight excluding hydrogens is 346 g/mol. The fourth-order valence-electron chi connectivity index (χ4n) is 1.36. The van der Waals surface area contributed by atoms with Crippen molar-refractivity contribution in [2.24, 2.45) is 0 Å². The molecule has 0 bridgehead atoms. The molecule has 0 aliphatic carbocycles. The topological polar surface area (TPSA) is 29.1 Å². The van der Waals surface area contributed by atoms with E-state index >= 15 is 0 Å². The van der Waals surface area contributed by atoms with Crippen LogP contribution >= 0.6 is 31.9 Å². The van der Waals surface area contributed by atoms with Gasteiger partial charge in [-0.05, 0) is 52.3 Å². The van der Waals surface area contributed by atoms with Gasteiger partial charge in [-0.3, -0.25) is 4.79 Å². The van der Waals surface area contributed by atoms with Crippen LogP contribution in [0.5, 0.6) is 0 Å². The largest absolute Gasteiger partial charge is 0.321 e. The highest BCUT2D eigenvalue weighted by Crippen LogP contribution is 2.22. The fourth-order valence-corrected chi connectivity index (χ4v) is 2.01. The van der Waals surface area contributed by atoms with E-state index in [2.05, 4.69) is 37.2 Å². The summed E-state index contributed by atoms with van der Waals surface area (Å²) in [5.74, 6) is -0.121. The molecule has 0 saturated carbocycles. The molecule has 2 aromatic carbocycles. The van der Waals surface area contributed by atoms with Gasteiger partial charge in [-0.15, -0.1) is 0 Å². The van der Waals surface area contributed by atoms with Crippen molar-refractivity contribution in [3.8, 4) is 0 Å². The molecule has 1 N–H and O–H groups in total. The van der Waals surface area contributed by atoms with E-state index in [1.807, 2.05) is 36.4 Å². The van der Waals surface area contributed by atoms with Crippen molar-refractivity contribution in [3.63, 3.8) is 0 Å². The molecule has 0 saturated heterocycles. The number of carbonyl (C=O) groups excluding carboxylic acids is 1. The summed E-state index contributed by atoms with van der Waals surface area (Å²) in [6.45, 7) is 0. The van der Waals surface area contributed by atoms with Gasteiger partial charge in [0.15, 0.2) is 0 Å². The maximum Gasteiger partial charge on any atom is 0.255 e. The van der Waals surface area contributed by atoms with Gasteiger partial charge >= 0.3 is 0 Å². The molecule has 17 heavy (non-hydrogen) atoms. The van der Waals surface area contributed by atoms with Crippen molar-refractivity contribution in [1.82, 2.24) is 0 Å². The zero-order valence-electron chi connectivity index (χ0n) is 8.78. The van der Waals surface area contributed by atoms with Crippen LogP contribution in [0.2, 0.25) is 0 Å². The van der Waals surface area contributed by atoms with Crippen LogP contribution in [0.15, 0.2) is 57.5 Å². The van der Waals surface area contributed by atoms with Crippen molar-refractivity contribution in [2.45, 2.75) is 0 Å². The third-order valence-corrected chi connectivity index (χ3v) is 3.45. The van der Waals surface area contributed by atoms with E-state index in [-0.39, 0.29) is 5.91 Å². The molecule has 0 radical (unpaired) electrons. The van der Waals surface area contributed by atoms with Gasteiger partial charge < -0.3 is 5.32 Å². The first-order valence-electron chi connectivity index (χ1n) is 4.98. The van der Waals surface area contributed by atoms with E-state index in [0.29, 0.717) is 5.56 Å². The molecule has 0 aliphatic heterocycles. The van der Waals surface area contributed by atoms with Crippen LogP contribution in [0.25, 0.3) is 0 Å². The highest BCUT2D eigenvalue weighted by atomic mass is 79.9. The van der Waals surface area contributed by atoms with Gasteiger partial charge in [0.1, 0.15) is 0 Å². The predicted octanol–water partition coefficient (Wildman–Crippen LogP) is 4.46. The Balaban J connectivity index is 2.17. The van der Waals surface area contributed by atoms with Gasteiger partial charge in [-0.25, -0.2) is 0 Å². The lowest BCUT2D eigenvalue weighted by Crippen LogP contribution is -2.11. The minimum atomic E-state index is -0.121. The maximum atomic E-state index is 11.9. The second-order valence-electron chi connectivity index (χ2n) is 3.44. The molecule has 2 aromatic rings. The van der Waals surface area contributed by atoms with Crippen LogP contribution < -0.4 is 5.32 Å². The monoisotopic (exact) mass is 353 g/mol. The molecule has 86 valence electrons. The Bertz CT molecular complexity index is 537. The summed E-state index contributed by atoms with van der Waals surface area (Å²) in [4.78, 5) is 11.9. The summed E-state index contributed by atoms with van der Waals surface area (Å²) in [6.07, 6.45) is 0. The molecule has 2 rings (SSSR count). The molecule has 0 atom stereocenters. The van der Waals surface area contributed by atoms with Gasteiger partial charge in [0.2, 0.25) is 0 Å². The highest BCUT2D eigenvalue weighted by Gasteiger charge is 2.07. The van der Waals surface area contributed by atoms with Crippen LogP contribution in [-0.2, 0) is 0 Å². The summed E-state index contributed by atoms with van der Waals surface area (Å²) < 4.78 is 1.82. The highest BCUT2D eigenvalue weighted by molar-refractivity contribution is 9.10. The van der Waals surface area contributed by atoms with Crippen LogP contribution in [0, 0.1) is 0 Å². The number of hydrogen-bond acceptors (Lipinski definition) is 1. The number of amides is 1. The number of anilines is 1. The van der Waals surface area contributed by atoms with Crippen LogP contribution in [0.3, 0.4) is 0 Å². The first-order chi connectivity index (χ1) is 8.16. The third-order valence-electron chi connectivity index (χ3n) is 2.23. The van der Waals surface area contributed by atoms with Gasteiger partial charge in [-0.1, -0.05) is 28.1 Å². The molecule has 0 heterocycles. The van der Waals surface area contributed by atoms with E-state index in [1.54, 1.807) is 12.1 Å². The number of hydrogen-bond donors (Lipinski definition) is 1. The predicted molar refractivity (Wildman–Crippen MR) is 76.2 cm³/mol. The molecule has 0 aliphatic rings. The lowest BCUT2D eigenvalue weighted by atomic mass is 10.2. The molecule has 4 heteroatoms. The average Bonchev–Trinajstić information content (AvgIpc) is 2.33. The number of rotatable bonds is 2. The van der Waals surface area contributed by atoms with E-state index in [9.17, 15) is 4.79 Å². The quantitative estimate of drug-likeness (QED) is 0.847. The van der Waals surface area contributed by atoms with Crippen molar-refractivity contribution in [3.05, 3.63) is 63.0 Å². The van der Waals surface area contributed by atoms with E-state index in [0.717, 1.165) is 14.6 Å². The van der Waals surface area contributed by atoms with Gasteiger partial charge in [0.05, 0.1) is 5.69 Å². The normalized spacial score (nSPS) is 10.0. The molecule has 1 amide bonds. The zero-order chi connectivity index (χ0) is 12.3. The number of para-hydroxylation sites is 1. The van der Waals surface area contributed by atoms with Crippen LogP contribution in [0.1, 0.15) is 10.4 Å². The molecule has 2 nitrogen and oxygen atoms in total. The average molecular weight is 355 g/mol. The standard InChI is InChI=1S/C13H9Br2NO/c14-10-7-5-9(6-8-10)13(17)16-12-4-2-1-3-11(12)15/h1-8H,(H,16,17). The molecule has 0 aromatic heterocycles. The van der Waals surface area contributed by atoms with Crippen molar-refractivity contribution >= 4 is 43.5 Å². The van der Waals surface area contributed by atoms with Gasteiger partial charge in [0.25, 0.3) is 5.91 Å². The fraction of sp³-hybridized carbons (Fsp3) is 0. The summed E-state index contributed by atoms with van der Waals surface area (Å²) in [5.41, 5.74) is 1.39. The third kappa shape index (κ3) is 3.17. The second-order valence-corrected chi connectivity index (χ2v) is 5.21. The lowest BCUT2D eigenvalue weighted by Gasteiger charge is -2.07.